The van der Waals surface area contributed by atoms with Gasteiger partial charge in [-0.3, -0.25) is 9.59 Å². The summed E-state index contributed by atoms with van der Waals surface area (Å²) < 4.78 is 29.7. The lowest BCUT2D eigenvalue weighted by Crippen LogP contribution is -2.30. The summed E-state index contributed by atoms with van der Waals surface area (Å²) in [4.78, 5) is 36.3. The Kier molecular flexibility index (Phi) is 7.06. The highest BCUT2D eigenvalue weighted by atomic mass is 32.2. The maximum absolute atomic E-state index is 12.3. The molecule has 0 spiro atoms. The Morgan fingerprint density at radius 1 is 1.04 bits per heavy atom. The van der Waals surface area contributed by atoms with Crippen LogP contribution >= 0.6 is 11.8 Å². The molecule has 1 amide bonds. The minimum Gasteiger partial charge on any atom is -0.449 e. The number of nitrogens with one attached hydrogen (secondary N) is 1. The van der Waals surface area contributed by atoms with Gasteiger partial charge in [0.05, 0.1) is 11.3 Å². The van der Waals surface area contributed by atoms with E-state index >= 15 is 0 Å². The Hall–Kier alpha value is -2.74. The Morgan fingerprint density at radius 3 is 2.26 bits per heavy atom. The average Bonchev–Trinajstić information content (AvgIpc) is 2.61. The Labute approximate surface area is 159 Å². The zero-order valence-corrected chi connectivity index (χ0v) is 15.4. The molecular formula is C19H17F2NO4S. The molecule has 2 aromatic rings. The topological polar surface area (TPSA) is 72.5 Å². The third-order valence-corrected chi connectivity index (χ3v) is 4.25. The van der Waals surface area contributed by atoms with Crippen LogP contribution in [0.2, 0.25) is 0 Å². The van der Waals surface area contributed by atoms with E-state index in [1.165, 1.54) is 38.1 Å². The Morgan fingerprint density at radius 2 is 1.67 bits per heavy atom. The molecule has 0 radical (unpaired) electrons. The number of halogens is 2. The fourth-order valence-electron chi connectivity index (χ4n) is 2.19. The molecule has 0 aliphatic rings. The molecule has 0 bridgehead atoms. The number of Topliss-reactive ketones (excluding diaryl/α,β-unsaturated/α-hetero) is 1. The fourth-order valence-corrected chi connectivity index (χ4v) is 2.69. The molecule has 0 aliphatic carbocycles. The number of hydrogen-bond acceptors (Lipinski definition) is 5. The van der Waals surface area contributed by atoms with E-state index in [4.69, 9.17) is 4.74 Å². The number of carbonyl (C=O) groups is 3. The molecule has 5 nitrogen and oxygen atoms in total. The Balaban J connectivity index is 1.99. The van der Waals surface area contributed by atoms with Crippen LogP contribution in [-0.2, 0) is 9.53 Å². The zero-order valence-electron chi connectivity index (χ0n) is 14.6. The zero-order chi connectivity index (χ0) is 20.0. The standard InChI is InChI=1S/C19H17F2NO4S/c1-11(23)15-5-3-4-6-16(15)22-17(24)12(2)26-18(25)13-7-9-14(10-8-13)27-19(20)21/h3-10,12,19H,1-2H3,(H,22,24). The van der Waals surface area contributed by atoms with E-state index < -0.39 is 23.7 Å². The van der Waals surface area contributed by atoms with E-state index in [1.54, 1.807) is 24.3 Å². The molecule has 0 saturated carbocycles. The van der Waals surface area contributed by atoms with Gasteiger partial charge in [-0.2, -0.15) is 8.78 Å². The monoisotopic (exact) mass is 393 g/mol. The van der Waals surface area contributed by atoms with E-state index in [2.05, 4.69) is 5.32 Å². The van der Waals surface area contributed by atoms with Crippen LogP contribution in [0.25, 0.3) is 0 Å². The van der Waals surface area contributed by atoms with Crippen molar-refractivity contribution in [3.8, 4) is 0 Å². The van der Waals surface area contributed by atoms with Crippen molar-refractivity contribution in [3.05, 3.63) is 59.7 Å². The highest BCUT2D eigenvalue weighted by molar-refractivity contribution is 7.99. The number of hydrogen-bond donors (Lipinski definition) is 1. The summed E-state index contributed by atoms with van der Waals surface area (Å²) in [5.41, 5.74) is 0.806. The molecule has 8 heteroatoms. The van der Waals surface area contributed by atoms with Gasteiger partial charge in [0.1, 0.15) is 0 Å². The number of thioether (sulfide) groups is 1. The van der Waals surface area contributed by atoms with E-state index in [0.717, 1.165) is 0 Å². The van der Waals surface area contributed by atoms with Crippen molar-refractivity contribution in [2.75, 3.05) is 5.32 Å². The normalized spacial score (nSPS) is 11.7. The first-order valence-corrected chi connectivity index (χ1v) is 8.82. The summed E-state index contributed by atoms with van der Waals surface area (Å²) in [6.45, 7) is 2.77. The smallest absolute Gasteiger partial charge is 0.338 e. The van der Waals surface area contributed by atoms with Gasteiger partial charge in [-0.1, -0.05) is 23.9 Å². The molecule has 142 valence electrons. The molecule has 0 aliphatic heterocycles. The van der Waals surface area contributed by atoms with E-state index in [-0.39, 0.29) is 11.3 Å². The number of ketones is 1. The predicted molar refractivity (Wildman–Crippen MR) is 98.3 cm³/mol. The van der Waals surface area contributed by atoms with Crippen molar-refractivity contribution >= 4 is 35.1 Å². The number of benzene rings is 2. The van der Waals surface area contributed by atoms with Gasteiger partial charge in [0.25, 0.3) is 11.7 Å². The summed E-state index contributed by atoms with van der Waals surface area (Å²) in [6.07, 6.45) is -1.12. The number of ether oxygens (including phenoxy) is 1. The second kappa shape index (κ2) is 9.27. The number of carbonyl (C=O) groups excluding carboxylic acids is 3. The lowest BCUT2D eigenvalue weighted by Gasteiger charge is -2.15. The van der Waals surface area contributed by atoms with Gasteiger partial charge in [-0.25, -0.2) is 4.79 Å². The number of para-hydroxylation sites is 1. The summed E-state index contributed by atoms with van der Waals surface area (Å²) in [5.74, 6) is -4.12. The largest absolute Gasteiger partial charge is 0.449 e. The van der Waals surface area contributed by atoms with Crippen LogP contribution in [0.3, 0.4) is 0 Å². The fraction of sp³-hybridized carbons (Fsp3) is 0.211. The summed E-state index contributed by atoms with van der Waals surface area (Å²) in [6, 6.07) is 11.9. The van der Waals surface area contributed by atoms with Gasteiger partial charge in [-0.15, -0.1) is 0 Å². The molecule has 0 aromatic heterocycles. The first-order valence-electron chi connectivity index (χ1n) is 7.94. The van der Waals surface area contributed by atoms with E-state index in [0.29, 0.717) is 27.9 Å². The molecule has 0 fully saturated rings. The predicted octanol–water partition coefficient (Wildman–Crippen LogP) is 4.39. The first-order chi connectivity index (χ1) is 12.8. The number of amides is 1. The molecule has 2 aromatic carbocycles. The van der Waals surface area contributed by atoms with Crippen LogP contribution in [0.15, 0.2) is 53.4 Å². The Bertz CT molecular complexity index is 840. The second-order valence-corrected chi connectivity index (χ2v) is 6.60. The van der Waals surface area contributed by atoms with Gasteiger partial charge < -0.3 is 10.1 Å². The minimum atomic E-state index is -2.55. The minimum absolute atomic E-state index is 0.136. The first kappa shape index (κ1) is 20.6. The second-order valence-electron chi connectivity index (χ2n) is 5.54. The quantitative estimate of drug-likeness (QED) is 0.429. The number of rotatable bonds is 7. The number of esters is 1. The van der Waals surface area contributed by atoms with Gasteiger partial charge in [0.15, 0.2) is 11.9 Å². The number of anilines is 1. The molecule has 0 saturated heterocycles. The van der Waals surface area contributed by atoms with Crippen molar-refractivity contribution < 1.29 is 27.9 Å². The van der Waals surface area contributed by atoms with Crippen LogP contribution in [0.5, 0.6) is 0 Å². The maximum atomic E-state index is 12.3. The molecule has 1 atom stereocenters. The highest BCUT2D eigenvalue weighted by Gasteiger charge is 2.20. The molecular weight excluding hydrogens is 376 g/mol. The molecule has 2 rings (SSSR count). The summed E-state index contributed by atoms with van der Waals surface area (Å²) in [7, 11) is 0. The van der Waals surface area contributed by atoms with Gasteiger partial charge in [0, 0.05) is 10.5 Å². The molecule has 1 unspecified atom stereocenters. The molecule has 27 heavy (non-hydrogen) atoms. The molecule has 1 N–H and O–H groups in total. The van der Waals surface area contributed by atoms with Crippen LogP contribution < -0.4 is 5.32 Å². The van der Waals surface area contributed by atoms with Gasteiger partial charge in [0.2, 0.25) is 0 Å². The third-order valence-electron chi connectivity index (χ3n) is 3.53. The third kappa shape index (κ3) is 5.89. The number of alkyl halides is 2. The lowest BCUT2D eigenvalue weighted by molar-refractivity contribution is -0.123. The van der Waals surface area contributed by atoms with Gasteiger partial charge in [-0.05, 0) is 50.2 Å². The van der Waals surface area contributed by atoms with Crippen LogP contribution in [0, 0.1) is 0 Å². The van der Waals surface area contributed by atoms with Crippen LogP contribution in [-0.4, -0.2) is 29.5 Å². The van der Waals surface area contributed by atoms with Gasteiger partial charge >= 0.3 is 5.97 Å². The van der Waals surface area contributed by atoms with Crippen molar-refractivity contribution in [2.24, 2.45) is 0 Å². The maximum Gasteiger partial charge on any atom is 0.338 e. The molecule has 0 heterocycles. The van der Waals surface area contributed by atoms with Crippen molar-refractivity contribution in [1.82, 2.24) is 0 Å². The SMILES string of the molecule is CC(=O)c1ccccc1NC(=O)C(C)OC(=O)c1ccc(SC(F)F)cc1. The van der Waals surface area contributed by atoms with Crippen molar-refractivity contribution in [1.29, 1.82) is 0 Å². The average molecular weight is 393 g/mol. The van der Waals surface area contributed by atoms with E-state index in [1.807, 2.05) is 0 Å². The van der Waals surface area contributed by atoms with Crippen molar-refractivity contribution in [3.63, 3.8) is 0 Å². The van der Waals surface area contributed by atoms with E-state index in [9.17, 15) is 23.2 Å². The van der Waals surface area contributed by atoms with Crippen LogP contribution in [0.4, 0.5) is 14.5 Å². The highest BCUT2D eigenvalue weighted by Crippen LogP contribution is 2.25. The lowest BCUT2D eigenvalue weighted by atomic mass is 10.1. The van der Waals surface area contributed by atoms with Crippen molar-refractivity contribution in [2.45, 2.75) is 30.6 Å². The summed E-state index contributed by atoms with van der Waals surface area (Å²) in [5, 5.41) is 2.56. The summed E-state index contributed by atoms with van der Waals surface area (Å²) >= 11 is 0.365. The van der Waals surface area contributed by atoms with Crippen LogP contribution in [0.1, 0.15) is 34.6 Å².